The van der Waals surface area contributed by atoms with Crippen LogP contribution in [0.15, 0.2) is 0 Å². The molecule has 0 aromatic rings. The van der Waals surface area contributed by atoms with Gasteiger partial charge in [0.15, 0.2) is 0 Å². The smallest absolute Gasteiger partial charge is 0.0223 e. The summed E-state index contributed by atoms with van der Waals surface area (Å²) < 4.78 is 0. The maximum absolute atomic E-state index is 3.59. The predicted molar refractivity (Wildman–Crippen MR) is 69.6 cm³/mol. The summed E-state index contributed by atoms with van der Waals surface area (Å²) in [5.74, 6) is 1.86. The van der Waals surface area contributed by atoms with Gasteiger partial charge in [-0.2, -0.15) is 0 Å². The molecule has 2 heteroatoms. The zero-order valence-corrected chi connectivity index (χ0v) is 11.0. The topological polar surface area (TPSA) is 15.3 Å². The van der Waals surface area contributed by atoms with E-state index < -0.39 is 0 Å². The van der Waals surface area contributed by atoms with Crippen LogP contribution in [0, 0.1) is 11.8 Å². The summed E-state index contributed by atoms with van der Waals surface area (Å²) in [5, 5.41) is 3.59. The molecular weight excluding hydrogens is 196 g/mol. The second kappa shape index (κ2) is 6.02. The van der Waals surface area contributed by atoms with Crippen molar-refractivity contribution in [1.29, 1.82) is 0 Å². The zero-order chi connectivity index (χ0) is 11.4. The first kappa shape index (κ1) is 12.4. The second-order valence-electron chi connectivity index (χ2n) is 5.89. The van der Waals surface area contributed by atoms with E-state index in [-0.39, 0.29) is 0 Å². The van der Waals surface area contributed by atoms with E-state index in [9.17, 15) is 0 Å². The summed E-state index contributed by atoms with van der Waals surface area (Å²) in [5.41, 5.74) is 0. The Hall–Kier alpha value is -0.0800. The molecule has 0 saturated carbocycles. The minimum absolute atomic E-state index is 0.819. The molecule has 2 rings (SSSR count). The molecule has 0 aliphatic carbocycles. The van der Waals surface area contributed by atoms with E-state index in [1.54, 1.807) is 0 Å². The molecule has 0 spiro atoms. The van der Waals surface area contributed by atoms with Gasteiger partial charge >= 0.3 is 0 Å². The standard InChI is InChI=1S/C14H28N2/c1-3-13-5-4-7-16(8-6-13)14-9-12(2)10-15-11-14/h12-15H,3-11H2,1-2H3. The fourth-order valence-electron chi connectivity index (χ4n) is 3.37. The average Bonchev–Trinajstić information content (AvgIpc) is 2.54. The number of piperidine rings is 1. The number of rotatable bonds is 2. The summed E-state index contributed by atoms with van der Waals surface area (Å²) in [6.07, 6.45) is 7.10. The summed E-state index contributed by atoms with van der Waals surface area (Å²) in [6, 6.07) is 0.819. The normalized spacial score (nSPS) is 38.2. The van der Waals surface area contributed by atoms with E-state index in [1.165, 1.54) is 58.3 Å². The molecule has 2 fully saturated rings. The molecule has 3 atom stereocenters. The third kappa shape index (κ3) is 3.21. The summed E-state index contributed by atoms with van der Waals surface area (Å²) in [4.78, 5) is 2.76. The van der Waals surface area contributed by atoms with E-state index in [2.05, 4.69) is 24.1 Å². The Kier molecular flexibility index (Phi) is 4.66. The van der Waals surface area contributed by atoms with Crippen LogP contribution in [0.2, 0.25) is 0 Å². The van der Waals surface area contributed by atoms with Crippen molar-refractivity contribution in [2.24, 2.45) is 11.8 Å². The van der Waals surface area contributed by atoms with Gasteiger partial charge < -0.3 is 5.32 Å². The van der Waals surface area contributed by atoms with Crippen LogP contribution in [0.4, 0.5) is 0 Å². The van der Waals surface area contributed by atoms with E-state index >= 15 is 0 Å². The molecule has 2 saturated heterocycles. The minimum Gasteiger partial charge on any atom is -0.315 e. The van der Waals surface area contributed by atoms with Crippen molar-refractivity contribution >= 4 is 0 Å². The molecule has 2 heterocycles. The van der Waals surface area contributed by atoms with Gasteiger partial charge in [0.05, 0.1) is 0 Å². The van der Waals surface area contributed by atoms with Gasteiger partial charge in [-0.25, -0.2) is 0 Å². The monoisotopic (exact) mass is 224 g/mol. The lowest BCUT2D eigenvalue weighted by Gasteiger charge is -2.36. The van der Waals surface area contributed by atoms with Crippen molar-refractivity contribution in [3.05, 3.63) is 0 Å². The van der Waals surface area contributed by atoms with E-state index in [1.807, 2.05) is 0 Å². The third-order valence-electron chi connectivity index (χ3n) is 4.52. The molecule has 0 bridgehead atoms. The lowest BCUT2D eigenvalue weighted by Crippen LogP contribution is -2.48. The van der Waals surface area contributed by atoms with Crippen LogP contribution in [-0.4, -0.2) is 37.1 Å². The van der Waals surface area contributed by atoms with E-state index in [4.69, 9.17) is 0 Å². The van der Waals surface area contributed by atoms with Crippen molar-refractivity contribution in [2.45, 2.75) is 52.0 Å². The highest BCUT2D eigenvalue weighted by molar-refractivity contribution is 4.83. The number of hydrogen-bond acceptors (Lipinski definition) is 2. The number of nitrogens with one attached hydrogen (secondary N) is 1. The first-order chi connectivity index (χ1) is 7.79. The van der Waals surface area contributed by atoms with Crippen LogP contribution in [-0.2, 0) is 0 Å². The van der Waals surface area contributed by atoms with Crippen molar-refractivity contribution < 1.29 is 0 Å². The van der Waals surface area contributed by atoms with Crippen LogP contribution in [0.3, 0.4) is 0 Å². The third-order valence-corrected chi connectivity index (χ3v) is 4.52. The predicted octanol–water partition coefficient (Wildman–Crippen LogP) is 2.50. The molecule has 0 amide bonds. The molecule has 0 aromatic heterocycles. The van der Waals surface area contributed by atoms with Gasteiger partial charge in [0, 0.05) is 12.6 Å². The molecule has 94 valence electrons. The fraction of sp³-hybridized carbons (Fsp3) is 1.00. The van der Waals surface area contributed by atoms with E-state index in [0.717, 1.165) is 17.9 Å². The molecule has 16 heavy (non-hydrogen) atoms. The SMILES string of the molecule is CCC1CCCN(C2CNCC(C)C2)CC1. The van der Waals surface area contributed by atoms with Crippen molar-refractivity contribution in [2.75, 3.05) is 26.2 Å². The second-order valence-corrected chi connectivity index (χ2v) is 5.89. The first-order valence-corrected chi connectivity index (χ1v) is 7.24. The first-order valence-electron chi connectivity index (χ1n) is 7.24. The maximum Gasteiger partial charge on any atom is 0.0223 e. The number of hydrogen-bond donors (Lipinski definition) is 1. The highest BCUT2D eigenvalue weighted by Gasteiger charge is 2.26. The molecule has 2 aliphatic heterocycles. The average molecular weight is 224 g/mol. The Morgan fingerprint density at radius 3 is 2.81 bits per heavy atom. The summed E-state index contributed by atoms with van der Waals surface area (Å²) in [7, 11) is 0. The van der Waals surface area contributed by atoms with Gasteiger partial charge in [0.1, 0.15) is 0 Å². The number of likely N-dealkylation sites (tertiary alicyclic amines) is 1. The molecule has 0 aromatic carbocycles. The Morgan fingerprint density at radius 1 is 1.19 bits per heavy atom. The number of nitrogens with zero attached hydrogens (tertiary/aromatic N) is 1. The van der Waals surface area contributed by atoms with Crippen LogP contribution < -0.4 is 5.32 Å². The summed E-state index contributed by atoms with van der Waals surface area (Å²) in [6.45, 7) is 9.87. The van der Waals surface area contributed by atoms with Crippen LogP contribution in [0.1, 0.15) is 46.0 Å². The van der Waals surface area contributed by atoms with Crippen LogP contribution in [0.5, 0.6) is 0 Å². The highest BCUT2D eigenvalue weighted by Crippen LogP contribution is 2.24. The van der Waals surface area contributed by atoms with Crippen molar-refractivity contribution in [1.82, 2.24) is 10.2 Å². The lowest BCUT2D eigenvalue weighted by molar-refractivity contribution is 0.148. The molecule has 3 unspecified atom stereocenters. The van der Waals surface area contributed by atoms with E-state index in [0.29, 0.717) is 0 Å². The highest BCUT2D eigenvalue weighted by atomic mass is 15.2. The molecule has 1 N–H and O–H groups in total. The Labute approximate surface area is 101 Å². The van der Waals surface area contributed by atoms with Gasteiger partial charge in [-0.3, -0.25) is 4.90 Å². The lowest BCUT2D eigenvalue weighted by atomic mass is 9.96. The van der Waals surface area contributed by atoms with Gasteiger partial charge in [-0.1, -0.05) is 20.3 Å². The van der Waals surface area contributed by atoms with Crippen molar-refractivity contribution in [3.8, 4) is 0 Å². The van der Waals surface area contributed by atoms with Gasteiger partial charge in [-0.15, -0.1) is 0 Å². The molecule has 0 radical (unpaired) electrons. The molecule has 2 aliphatic rings. The van der Waals surface area contributed by atoms with Gasteiger partial charge in [-0.05, 0) is 57.2 Å². The van der Waals surface area contributed by atoms with Gasteiger partial charge in [0.25, 0.3) is 0 Å². The Bertz CT molecular complexity index is 205. The van der Waals surface area contributed by atoms with Crippen LogP contribution >= 0.6 is 0 Å². The Morgan fingerprint density at radius 2 is 2.06 bits per heavy atom. The van der Waals surface area contributed by atoms with Crippen LogP contribution in [0.25, 0.3) is 0 Å². The fourth-order valence-corrected chi connectivity index (χ4v) is 3.37. The Balaban J connectivity index is 1.84. The quantitative estimate of drug-likeness (QED) is 0.775. The summed E-state index contributed by atoms with van der Waals surface area (Å²) >= 11 is 0. The molecular formula is C14H28N2. The molecule has 2 nitrogen and oxygen atoms in total. The maximum atomic E-state index is 3.59. The van der Waals surface area contributed by atoms with Gasteiger partial charge in [0.2, 0.25) is 0 Å². The largest absolute Gasteiger partial charge is 0.315 e. The zero-order valence-electron chi connectivity index (χ0n) is 11.0. The minimum atomic E-state index is 0.819. The van der Waals surface area contributed by atoms with Crippen molar-refractivity contribution in [3.63, 3.8) is 0 Å².